The van der Waals surface area contributed by atoms with Crippen LogP contribution in [0, 0.1) is 12.3 Å². The van der Waals surface area contributed by atoms with Crippen molar-refractivity contribution in [1.82, 2.24) is 0 Å². The third-order valence-corrected chi connectivity index (χ3v) is 8.92. The zero-order valence-electron chi connectivity index (χ0n) is 24.5. The molecule has 0 radical (unpaired) electrons. The van der Waals surface area contributed by atoms with Crippen LogP contribution in [0.5, 0.6) is 0 Å². The Labute approximate surface area is 257 Å². The Morgan fingerprint density at radius 1 is 0.837 bits per heavy atom. The molecule has 6 rings (SSSR count). The monoisotopic (exact) mass is 575 g/mol. The molecule has 0 fully saturated rings. The van der Waals surface area contributed by atoms with E-state index in [-0.39, 0.29) is 5.41 Å². The average molecular weight is 576 g/mol. The highest BCUT2D eigenvalue weighted by atomic mass is 32.1. The van der Waals surface area contributed by atoms with Crippen molar-refractivity contribution in [1.29, 1.82) is 0 Å². The highest BCUT2D eigenvalue weighted by molar-refractivity contribution is 7.26. The third kappa shape index (κ3) is 5.75. The summed E-state index contributed by atoms with van der Waals surface area (Å²) >= 11 is 1.77. The highest BCUT2D eigenvalue weighted by Crippen LogP contribution is 2.41. The van der Waals surface area contributed by atoms with Crippen molar-refractivity contribution in [3.8, 4) is 0 Å². The van der Waals surface area contributed by atoms with E-state index in [1.807, 2.05) is 60.8 Å². The molecule has 4 heteroatoms. The Kier molecular flexibility index (Phi) is 7.95. The van der Waals surface area contributed by atoms with Crippen LogP contribution in [0.3, 0.4) is 0 Å². The molecule has 0 amide bonds. The lowest BCUT2D eigenvalue weighted by atomic mass is 9.82. The lowest BCUT2D eigenvalue weighted by molar-refractivity contribution is 0.596. The molecule has 0 saturated carbocycles. The number of allylic oxidation sites excluding steroid dienone is 4. The summed E-state index contributed by atoms with van der Waals surface area (Å²) in [6.07, 6.45) is 13.0. The Balaban J connectivity index is 1.52. The van der Waals surface area contributed by atoms with Gasteiger partial charge in [0.15, 0.2) is 0 Å². The summed E-state index contributed by atoms with van der Waals surface area (Å²) < 4.78 is 2.36. The van der Waals surface area contributed by atoms with E-state index in [9.17, 15) is 0 Å². The number of para-hydroxylation sites is 1. The summed E-state index contributed by atoms with van der Waals surface area (Å²) in [4.78, 5) is 15.2. The van der Waals surface area contributed by atoms with Crippen molar-refractivity contribution < 1.29 is 0 Å². The minimum absolute atomic E-state index is 0.352. The second-order valence-corrected chi connectivity index (χ2v) is 12.0. The normalized spacial score (nSPS) is 17.3. The molecule has 0 N–H and O–H groups in total. The van der Waals surface area contributed by atoms with E-state index >= 15 is 0 Å². The maximum Gasteiger partial charge on any atom is 0.138 e. The van der Waals surface area contributed by atoms with Gasteiger partial charge in [-0.2, -0.15) is 0 Å². The maximum atomic E-state index is 5.16. The lowest BCUT2D eigenvalue weighted by Gasteiger charge is -2.26. The number of benzene rings is 4. The predicted octanol–water partition coefficient (Wildman–Crippen LogP) is 10.7. The van der Waals surface area contributed by atoms with Gasteiger partial charge in [0.1, 0.15) is 5.84 Å². The summed E-state index contributed by atoms with van der Waals surface area (Å²) in [5.41, 5.74) is 6.28. The molecular formula is C39H33N3S. The Bertz CT molecular complexity index is 2000. The molecule has 1 aliphatic carbocycles. The van der Waals surface area contributed by atoms with Gasteiger partial charge >= 0.3 is 0 Å². The first-order valence-corrected chi connectivity index (χ1v) is 15.2. The summed E-state index contributed by atoms with van der Waals surface area (Å²) in [6.45, 7) is 12.9. The van der Waals surface area contributed by atoms with Gasteiger partial charge in [-0.15, -0.1) is 11.3 Å². The number of fused-ring (bicyclic) bond motifs is 3. The average Bonchev–Trinajstić information content (AvgIpc) is 3.42. The van der Waals surface area contributed by atoms with Gasteiger partial charge in [0, 0.05) is 42.9 Å². The molecule has 1 unspecified atom stereocenters. The predicted molar refractivity (Wildman–Crippen MR) is 188 cm³/mol. The molecule has 0 aliphatic heterocycles. The molecule has 4 aromatic carbocycles. The van der Waals surface area contributed by atoms with Crippen LogP contribution in [0.2, 0.25) is 0 Å². The van der Waals surface area contributed by atoms with Crippen molar-refractivity contribution in [3.63, 3.8) is 0 Å². The SMILES string of the molecule is C=CC(=Nc1ccccc1C)c1cccc2sc3cccc(C(=C)N=C(N=Cc4ccccc4)C4(C)C=CC=CC4)c3c12. The standard InChI is InChI=1S/C39H33N3S/c1-5-32(42-33-21-11-10-16-27(33)2)31-20-15-23-35-37(31)36-30(19-14-22-34(36)43-35)28(3)41-38(39(4)24-12-7-13-25-39)40-26-29-17-8-6-9-18-29/h5-24,26H,1,3,25H2,2,4H3. The minimum Gasteiger partial charge on any atom is -0.248 e. The maximum absolute atomic E-state index is 5.16. The number of nitrogens with zero attached hydrogens (tertiary/aromatic N) is 3. The Hall–Kier alpha value is -4.93. The largest absolute Gasteiger partial charge is 0.248 e. The second kappa shape index (κ2) is 12.1. The molecule has 1 aliphatic rings. The van der Waals surface area contributed by atoms with E-state index in [2.05, 4.69) is 93.8 Å². The van der Waals surface area contributed by atoms with Crippen LogP contribution in [-0.2, 0) is 0 Å². The van der Waals surface area contributed by atoms with Crippen LogP contribution in [0.1, 0.15) is 35.6 Å². The fourth-order valence-corrected chi connectivity index (χ4v) is 6.57. The number of rotatable bonds is 7. The van der Waals surface area contributed by atoms with Crippen LogP contribution in [0.4, 0.5) is 5.69 Å². The van der Waals surface area contributed by atoms with Crippen molar-refractivity contribution in [3.05, 3.63) is 157 Å². The van der Waals surface area contributed by atoms with E-state index in [4.69, 9.17) is 15.0 Å². The minimum atomic E-state index is -0.352. The van der Waals surface area contributed by atoms with Gasteiger partial charge in [-0.05, 0) is 55.7 Å². The van der Waals surface area contributed by atoms with Crippen molar-refractivity contribution >= 4 is 60.7 Å². The van der Waals surface area contributed by atoms with E-state index < -0.39 is 0 Å². The summed E-state index contributed by atoms with van der Waals surface area (Å²) in [5, 5.41) is 2.27. The molecule has 1 heterocycles. The lowest BCUT2D eigenvalue weighted by Crippen LogP contribution is -2.25. The van der Waals surface area contributed by atoms with Gasteiger partial charge in [-0.3, -0.25) is 0 Å². The molecule has 5 aromatic rings. The number of hydrogen-bond donors (Lipinski definition) is 0. The zero-order valence-corrected chi connectivity index (χ0v) is 25.3. The summed E-state index contributed by atoms with van der Waals surface area (Å²) in [7, 11) is 0. The number of aliphatic imine (C=N–C) groups is 3. The van der Waals surface area contributed by atoms with Crippen molar-refractivity contribution in [2.24, 2.45) is 20.4 Å². The van der Waals surface area contributed by atoms with Crippen molar-refractivity contribution in [2.45, 2.75) is 20.3 Å². The fraction of sp³-hybridized carbons (Fsp3) is 0.103. The number of hydrogen-bond acceptors (Lipinski definition) is 3. The van der Waals surface area contributed by atoms with E-state index in [1.54, 1.807) is 11.3 Å². The van der Waals surface area contributed by atoms with Crippen molar-refractivity contribution in [2.75, 3.05) is 0 Å². The second-order valence-electron chi connectivity index (χ2n) is 10.9. The Morgan fingerprint density at radius 2 is 1.53 bits per heavy atom. The summed E-state index contributed by atoms with van der Waals surface area (Å²) in [6, 6.07) is 31.1. The zero-order chi connectivity index (χ0) is 29.8. The summed E-state index contributed by atoms with van der Waals surface area (Å²) in [5.74, 6) is 0.728. The number of thiophene rings is 1. The number of aryl methyl sites for hydroxylation is 1. The molecule has 3 nitrogen and oxygen atoms in total. The number of amidine groups is 1. The molecule has 0 saturated heterocycles. The topological polar surface area (TPSA) is 37.1 Å². The van der Waals surface area contributed by atoms with E-state index in [0.717, 1.165) is 56.7 Å². The van der Waals surface area contributed by atoms with Crippen LogP contribution in [0.25, 0.3) is 25.9 Å². The molecule has 0 bridgehead atoms. The van der Waals surface area contributed by atoms with E-state index in [1.165, 1.54) is 9.40 Å². The Morgan fingerprint density at radius 3 is 2.23 bits per heavy atom. The molecule has 1 aromatic heterocycles. The van der Waals surface area contributed by atoms with Crippen LogP contribution >= 0.6 is 11.3 Å². The molecule has 0 spiro atoms. The molecule has 210 valence electrons. The van der Waals surface area contributed by atoms with Crippen LogP contribution < -0.4 is 0 Å². The quantitative estimate of drug-likeness (QED) is 0.137. The first-order chi connectivity index (χ1) is 21.0. The first kappa shape index (κ1) is 28.2. The van der Waals surface area contributed by atoms with Gasteiger partial charge in [-0.1, -0.05) is 110 Å². The smallest absolute Gasteiger partial charge is 0.138 e. The fourth-order valence-electron chi connectivity index (χ4n) is 5.42. The first-order valence-electron chi connectivity index (χ1n) is 14.4. The molecule has 1 atom stereocenters. The van der Waals surface area contributed by atoms with Gasteiger partial charge in [0.2, 0.25) is 0 Å². The van der Waals surface area contributed by atoms with Gasteiger partial charge in [-0.25, -0.2) is 15.0 Å². The molecular weight excluding hydrogens is 543 g/mol. The van der Waals surface area contributed by atoms with Gasteiger partial charge in [0.25, 0.3) is 0 Å². The van der Waals surface area contributed by atoms with E-state index in [0.29, 0.717) is 5.70 Å². The van der Waals surface area contributed by atoms with Crippen LogP contribution in [-0.4, -0.2) is 17.8 Å². The molecule has 43 heavy (non-hydrogen) atoms. The highest BCUT2D eigenvalue weighted by Gasteiger charge is 2.28. The van der Waals surface area contributed by atoms with Gasteiger partial charge < -0.3 is 0 Å². The van der Waals surface area contributed by atoms with Crippen LogP contribution in [0.15, 0.2) is 150 Å². The third-order valence-electron chi connectivity index (χ3n) is 7.80. The van der Waals surface area contributed by atoms with Gasteiger partial charge in [0.05, 0.1) is 17.1 Å².